The monoisotopic (exact) mass is 322 g/mol. The SMILES string of the molecule is COCC(C)N(C)C(=O)NCc1cccnc1N1CCOCC1. The Morgan fingerprint density at radius 3 is 2.96 bits per heavy atom. The molecule has 1 saturated heterocycles. The maximum Gasteiger partial charge on any atom is 0.317 e. The van der Waals surface area contributed by atoms with E-state index >= 15 is 0 Å². The van der Waals surface area contributed by atoms with Crippen molar-refractivity contribution in [3.8, 4) is 0 Å². The molecule has 1 unspecified atom stereocenters. The molecular formula is C16H26N4O3. The number of pyridine rings is 1. The van der Waals surface area contributed by atoms with Crippen LogP contribution >= 0.6 is 0 Å². The third-order valence-corrected chi connectivity index (χ3v) is 4.00. The number of methoxy groups -OCH3 is 1. The minimum Gasteiger partial charge on any atom is -0.383 e. The number of nitrogens with one attached hydrogen (secondary N) is 1. The molecule has 7 nitrogen and oxygen atoms in total. The fraction of sp³-hybridized carbons (Fsp3) is 0.625. The topological polar surface area (TPSA) is 66.9 Å². The number of carbonyl (C=O) groups is 1. The fourth-order valence-electron chi connectivity index (χ4n) is 2.48. The lowest BCUT2D eigenvalue weighted by Gasteiger charge is -2.30. The van der Waals surface area contributed by atoms with Crippen LogP contribution in [0.3, 0.4) is 0 Å². The highest BCUT2D eigenvalue weighted by Gasteiger charge is 2.18. The zero-order valence-corrected chi connectivity index (χ0v) is 14.1. The molecule has 1 N–H and O–H groups in total. The van der Waals surface area contributed by atoms with Crippen LogP contribution in [0.25, 0.3) is 0 Å². The van der Waals surface area contributed by atoms with Crippen molar-refractivity contribution in [1.82, 2.24) is 15.2 Å². The third kappa shape index (κ3) is 4.80. The van der Waals surface area contributed by atoms with Crippen LogP contribution < -0.4 is 10.2 Å². The van der Waals surface area contributed by atoms with Crippen LogP contribution in [0.5, 0.6) is 0 Å². The third-order valence-electron chi connectivity index (χ3n) is 4.00. The van der Waals surface area contributed by atoms with E-state index in [0.717, 1.165) is 24.5 Å². The molecule has 23 heavy (non-hydrogen) atoms. The molecule has 2 amide bonds. The number of likely N-dealkylation sites (N-methyl/N-ethyl adjacent to an activating group) is 1. The summed E-state index contributed by atoms with van der Waals surface area (Å²) in [4.78, 5) is 20.5. The molecule has 0 saturated carbocycles. The van der Waals surface area contributed by atoms with Gasteiger partial charge in [-0.3, -0.25) is 0 Å². The molecule has 1 aromatic heterocycles. The Kier molecular flexibility index (Phi) is 6.61. The Morgan fingerprint density at radius 1 is 1.52 bits per heavy atom. The Bertz CT molecular complexity index is 506. The summed E-state index contributed by atoms with van der Waals surface area (Å²) in [5.41, 5.74) is 1.01. The van der Waals surface area contributed by atoms with E-state index in [9.17, 15) is 4.79 Å². The zero-order valence-electron chi connectivity index (χ0n) is 14.1. The van der Waals surface area contributed by atoms with Gasteiger partial charge in [0.25, 0.3) is 0 Å². The molecule has 2 rings (SSSR count). The summed E-state index contributed by atoms with van der Waals surface area (Å²) >= 11 is 0. The summed E-state index contributed by atoms with van der Waals surface area (Å²) in [7, 11) is 3.40. The highest BCUT2D eigenvalue weighted by atomic mass is 16.5. The van der Waals surface area contributed by atoms with Gasteiger partial charge in [-0.1, -0.05) is 6.07 Å². The fourth-order valence-corrected chi connectivity index (χ4v) is 2.48. The number of morpholine rings is 1. The summed E-state index contributed by atoms with van der Waals surface area (Å²) in [6, 6.07) is 3.79. The lowest BCUT2D eigenvalue weighted by Crippen LogP contribution is -2.44. The second-order valence-corrected chi connectivity index (χ2v) is 5.66. The number of carbonyl (C=O) groups excluding carboxylic acids is 1. The van der Waals surface area contributed by atoms with Crippen molar-refractivity contribution in [3.63, 3.8) is 0 Å². The Morgan fingerprint density at radius 2 is 2.26 bits per heavy atom. The van der Waals surface area contributed by atoms with Crippen molar-refractivity contribution in [3.05, 3.63) is 23.9 Å². The lowest BCUT2D eigenvalue weighted by molar-refractivity contribution is 0.122. The minimum atomic E-state index is -0.119. The molecule has 0 aliphatic carbocycles. The molecule has 128 valence electrons. The van der Waals surface area contributed by atoms with Crippen LogP contribution in [0.1, 0.15) is 12.5 Å². The van der Waals surface area contributed by atoms with E-state index in [4.69, 9.17) is 9.47 Å². The molecule has 0 spiro atoms. The van der Waals surface area contributed by atoms with Crippen molar-refractivity contribution >= 4 is 11.8 Å². The first-order valence-corrected chi connectivity index (χ1v) is 7.89. The molecule has 1 aromatic rings. The van der Waals surface area contributed by atoms with Crippen LogP contribution in [0.2, 0.25) is 0 Å². The summed E-state index contributed by atoms with van der Waals surface area (Å²) < 4.78 is 10.5. The van der Waals surface area contributed by atoms with E-state index in [2.05, 4.69) is 15.2 Å². The van der Waals surface area contributed by atoms with Crippen LogP contribution in [-0.2, 0) is 16.0 Å². The molecular weight excluding hydrogens is 296 g/mol. The van der Waals surface area contributed by atoms with Gasteiger partial charge in [-0.15, -0.1) is 0 Å². The number of ether oxygens (including phenoxy) is 2. The van der Waals surface area contributed by atoms with Gasteiger partial charge in [-0.2, -0.15) is 0 Å². The molecule has 1 fully saturated rings. The zero-order chi connectivity index (χ0) is 16.7. The number of rotatable bonds is 6. The van der Waals surface area contributed by atoms with Crippen molar-refractivity contribution in [2.45, 2.75) is 19.5 Å². The van der Waals surface area contributed by atoms with Gasteiger partial charge in [0, 0.05) is 45.6 Å². The molecule has 7 heteroatoms. The molecule has 0 bridgehead atoms. The molecule has 1 aliphatic rings. The average molecular weight is 322 g/mol. The van der Waals surface area contributed by atoms with Gasteiger partial charge in [0.2, 0.25) is 0 Å². The largest absolute Gasteiger partial charge is 0.383 e. The molecule has 0 radical (unpaired) electrons. The quantitative estimate of drug-likeness (QED) is 0.849. The number of urea groups is 1. The van der Waals surface area contributed by atoms with E-state index in [-0.39, 0.29) is 12.1 Å². The minimum absolute atomic E-state index is 0.0209. The van der Waals surface area contributed by atoms with Crippen LogP contribution in [0.15, 0.2) is 18.3 Å². The second-order valence-electron chi connectivity index (χ2n) is 5.66. The summed E-state index contributed by atoms with van der Waals surface area (Å²) in [5, 5.41) is 2.95. The summed E-state index contributed by atoms with van der Waals surface area (Å²) in [5.74, 6) is 0.920. The maximum atomic E-state index is 12.2. The Balaban J connectivity index is 1.96. The van der Waals surface area contributed by atoms with E-state index in [1.807, 2.05) is 19.1 Å². The highest BCUT2D eigenvalue weighted by molar-refractivity contribution is 5.74. The van der Waals surface area contributed by atoms with E-state index in [1.165, 1.54) is 0 Å². The summed E-state index contributed by atoms with van der Waals surface area (Å²) in [6.45, 7) is 5.97. The number of amides is 2. The molecule has 1 aliphatic heterocycles. The van der Waals surface area contributed by atoms with Gasteiger partial charge in [-0.05, 0) is 13.0 Å². The van der Waals surface area contributed by atoms with Gasteiger partial charge in [0.05, 0.1) is 25.9 Å². The van der Waals surface area contributed by atoms with Crippen molar-refractivity contribution < 1.29 is 14.3 Å². The van der Waals surface area contributed by atoms with Crippen LogP contribution in [0.4, 0.5) is 10.6 Å². The first-order valence-electron chi connectivity index (χ1n) is 7.89. The first kappa shape index (κ1) is 17.5. The van der Waals surface area contributed by atoms with Gasteiger partial charge < -0.3 is 24.6 Å². The van der Waals surface area contributed by atoms with Gasteiger partial charge in [-0.25, -0.2) is 9.78 Å². The van der Waals surface area contributed by atoms with Gasteiger partial charge >= 0.3 is 6.03 Å². The molecule has 0 aromatic carbocycles. The lowest BCUT2D eigenvalue weighted by atomic mass is 10.2. The normalized spacial score (nSPS) is 16.0. The highest BCUT2D eigenvalue weighted by Crippen LogP contribution is 2.18. The maximum absolute atomic E-state index is 12.2. The second kappa shape index (κ2) is 8.69. The van der Waals surface area contributed by atoms with E-state index in [0.29, 0.717) is 26.4 Å². The number of nitrogens with zero attached hydrogens (tertiary/aromatic N) is 3. The number of anilines is 1. The van der Waals surface area contributed by atoms with Gasteiger partial charge in [0.1, 0.15) is 5.82 Å². The Labute approximate surface area is 137 Å². The number of hydrogen-bond donors (Lipinski definition) is 1. The van der Waals surface area contributed by atoms with Gasteiger partial charge in [0.15, 0.2) is 0 Å². The number of aromatic nitrogens is 1. The van der Waals surface area contributed by atoms with Crippen molar-refractivity contribution in [1.29, 1.82) is 0 Å². The first-order chi connectivity index (χ1) is 11.1. The van der Waals surface area contributed by atoms with Crippen LogP contribution in [0, 0.1) is 0 Å². The standard InChI is InChI=1S/C16H26N4O3/c1-13(12-22-3)19(2)16(21)18-11-14-5-4-6-17-15(14)20-7-9-23-10-8-20/h4-6,13H,7-12H2,1-3H3,(H,18,21). The number of hydrogen-bond acceptors (Lipinski definition) is 5. The average Bonchev–Trinajstić information content (AvgIpc) is 2.60. The smallest absolute Gasteiger partial charge is 0.317 e. The van der Waals surface area contributed by atoms with Crippen molar-refractivity contribution in [2.75, 3.05) is 52.0 Å². The Hall–Kier alpha value is -1.86. The van der Waals surface area contributed by atoms with Crippen LogP contribution in [-0.4, -0.2) is 69.0 Å². The summed E-state index contributed by atoms with van der Waals surface area (Å²) in [6.07, 6.45) is 1.78. The predicted octanol–water partition coefficient (Wildman–Crippen LogP) is 1.09. The molecule has 1 atom stereocenters. The predicted molar refractivity (Wildman–Crippen MR) is 88.6 cm³/mol. The van der Waals surface area contributed by atoms with E-state index in [1.54, 1.807) is 25.3 Å². The molecule has 2 heterocycles. The van der Waals surface area contributed by atoms with Crippen molar-refractivity contribution in [2.24, 2.45) is 0 Å². The van der Waals surface area contributed by atoms with E-state index < -0.39 is 0 Å².